The van der Waals surface area contributed by atoms with Crippen LogP contribution in [0.15, 0.2) is 48.5 Å². The molecule has 3 N–H and O–H groups in total. The van der Waals surface area contributed by atoms with Crippen molar-refractivity contribution >= 4 is 16.8 Å². The Bertz CT molecular complexity index is 1620. The molecular formula is C29H28F4N4O4. The molecule has 0 radical (unpaired) electrons. The zero-order chi connectivity index (χ0) is 30.3. The second-order valence-corrected chi connectivity index (χ2v) is 10.3. The van der Waals surface area contributed by atoms with E-state index < -0.39 is 58.2 Å². The number of rotatable bonds is 8. The molecule has 8 nitrogen and oxygen atoms in total. The van der Waals surface area contributed by atoms with Crippen molar-refractivity contribution in [3.63, 3.8) is 0 Å². The fraction of sp³-hybridized carbons (Fsp3) is 0.310. The standard InChI is InChI=1S/C29H28F4N4O4/c1-15-10-17-11-18(12-21(41-5)24(17)37-36-15)26(38)34-14-29(40,28(4,32)33)22-13-20(27(2,3)39)23(31)25(35-22)16-6-8-19(30)9-7-16/h6-13,39-40H,14H2,1-5H3,(H,34,38). The second-order valence-electron chi connectivity index (χ2n) is 10.3. The number of carbonyl (C=O) groups is 1. The topological polar surface area (TPSA) is 117 Å². The molecule has 0 aliphatic carbocycles. The number of carbonyl (C=O) groups excluding carboxylic acids is 1. The predicted molar refractivity (Wildman–Crippen MR) is 143 cm³/mol. The van der Waals surface area contributed by atoms with E-state index in [0.29, 0.717) is 23.5 Å². The molecule has 2 aromatic carbocycles. The van der Waals surface area contributed by atoms with E-state index in [-0.39, 0.29) is 16.9 Å². The summed E-state index contributed by atoms with van der Waals surface area (Å²) in [6.07, 6.45) is 0. The number of hydrogen-bond acceptors (Lipinski definition) is 7. The first-order valence-electron chi connectivity index (χ1n) is 12.5. The van der Waals surface area contributed by atoms with Crippen LogP contribution in [0.1, 0.15) is 48.1 Å². The lowest BCUT2D eigenvalue weighted by atomic mass is 9.87. The summed E-state index contributed by atoms with van der Waals surface area (Å²) in [6, 6.07) is 9.72. The Morgan fingerprint density at radius 1 is 1.00 bits per heavy atom. The lowest BCUT2D eigenvalue weighted by Gasteiger charge is -2.34. The minimum atomic E-state index is -3.92. The molecule has 0 spiro atoms. The normalized spacial score (nSPS) is 13.6. The Kier molecular flexibility index (Phi) is 7.76. The third-order valence-corrected chi connectivity index (χ3v) is 6.65. The molecule has 0 bridgehead atoms. The Labute approximate surface area is 233 Å². The number of benzene rings is 2. The third kappa shape index (κ3) is 5.84. The van der Waals surface area contributed by atoms with E-state index in [1.807, 2.05) is 0 Å². The van der Waals surface area contributed by atoms with Gasteiger partial charge in [0.1, 0.15) is 22.8 Å². The van der Waals surface area contributed by atoms with Crippen LogP contribution in [0.4, 0.5) is 17.6 Å². The molecule has 0 fully saturated rings. The highest BCUT2D eigenvalue weighted by Gasteiger charge is 2.52. The molecule has 216 valence electrons. The molecule has 1 amide bonds. The van der Waals surface area contributed by atoms with E-state index in [1.165, 1.54) is 45.2 Å². The first kappa shape index (κ1) is 29.8. The lowest BCUT2D eigenvalue weighted by molar-refractivity contribution is -0.174. The molecule has 1 unspecified atom stereocenters. The van der Waals surface area contributed by atoms with E-state index in [0.717, 1.165) is 18.2 Å². The minimum Gasteiger partial charge on any atom is -0.494 e. The van der Waals surface area contributed by atoms with Gasteiger partial charge in [0, 0.05) is 29.0 Å². The summed E-state index contributed by atoms with van der Waals surface area (Å²) in [5.74, 6) is -6.20. The number of aliphatic hydroxyl groups is 2. The van der Waals surface area contributed by atoms with E-state index in [9.17, 15) is 19.4 Å². The van der Waals surface area contributed by atoms with Crippen LogP contribution in [0, 0.1) is 18.6 Å². The van der Waals surface area contributed by atoms with Crippen LogP contribution in [0.5, 0.6) is 5.75 Å². The summed E-state index contributed by atoms with van der Waals surface area (Å²) in [4.78, 5) is 17.1. The van der Waals surface area contributed by atoms with Gasteiger partial charge in [0.05, 0.1) is 30.6 Å². The van der Waals surface area contributed by atoms with Gasteiger partial charge < -0.3 is 20.3 Å². The summed E-state index contributed by atoms with van der Waals surface area (Å²) in [5, 5.41) is 32.8. The van der Waals surface area contributed by atoms with Gasteiger partial charge in [-0.25, -0.2) is 22.5 Å². The molecule has 12 heteroatoms. The first-order chi connectivity index (χ1) is 19.0. The number of nitrogens with one attached hydrogen (secondary N) is 1. The Balaban J connectivity index is 1.79. The maximum atomic E-state index is 15.5. The van der Waals surface area contributed by atoms with E-state index in [4.69, 9.17) is 4.74 Å². The average Bonchev–Trinajstić information content (AvgIpc) is 2.90. The molecule has 1 atom stereocenters. The number of methoxy groups -OCH3 is 1. The number of nitrogens with zero attached hydrogens (tertiary/aromatic N) is 3. The Morgan fingerprint density at radius 3 is 2.24 bits per heavy atom. The molecule has 41 heavy (non-hydrogen) atoms. The lowest BCUT2D eigenvalue weighted by Crippen LogP contribution is -2.52. The summed E-state index contributed by atoms with van der Waals surface area (Å²) in [6.45, 7) is 3.54. The third-order valence-electron chi connectivity index (χ3n) is 6.65. The second kappa shape index (κ2) is 10.7. The van der Waals surface area contributed by atoms with Gasteiger partial charge in [0.25, 0.3) is 11.8 Å². The van der Waals surface area contributed by atoms with Gasteiger partial charge in [0.15, 0.2) is 11.4 Å². The molecular weight excluding hydrogens is 544 g/mol. The average molecular weight is 573 g/mol. The van der Waals surface area contributed by atoms with Crippen molar-refractivity contribution in [3.05, 3.63) is 82.7 Å². The van der Waals surface area contributed by atoms with Gasteiger partial charge in [-0.2, -0.15) is 5.10 Å². The molecule has 4 aromatic rings. The van der Waals surface area contributed by atoms with Crippen molar-refractivity contribution in [1.82, 2.24) is 20.5 Å². The highest BCUT2D eigenvalue weighted by molar-refractivity contribution is 5.99. The van der Waals surface area contributed by atoms with Crippen LogP contribution >= 0.6 is 0 Å². The van der Waals surface area contributed by atoms with Crippen molar-refractivity contribution in [1.29, 1.82) is 0 Å². The monoisotopic (exact) mass is 572 g/mol. The number of pyridine rings is 1. The Morgan fingerprint density at radius 2 is 1.66 bits per heavy atom. The summed E-state index contributed by atoms with van der Waals surface area (Å²) < 4.78 is 64.6. The van der Waals surface area contributed by atoms with E-state index in [1.54, 1.807) is 13.0 Å². The van der Waals surface area contributed by atoms with E-state index >= 15 is 13.2 Å². The number of fused-ring (bicyclic) bond motifs is 1. The van der Waals surface area contributed by atoms with E-state index in [2.05, 4.69) is 20.5 Å². The summed E-state index contributed by atoms with van der Waals surface area (Å²) in [5.41, 5.74) is -5.70. The zero-order valence-corrected chi connectivity index (χ0v) is 22.9. The van der Waals surface area contributed by atoms with Crippen molar-refractivity contribution < 1.29 is 37.3 Å². The van der Waals surface area contributed by atoms with Gasteiger partial charge >= 0.3 is 0 Å². The zero-order valence-electron chi connectivity index (χ0n) is 22.9. The quantitative estimate of drug-likeness (QED) is 0.260. The van der Waals surface area contributed by atoms with Crippen molar-refractivity contribution in [2.45, 2.75) is 44.8 Å². The van der Waals surface area contributed by atoms with Crippen LogP contribution in [0.25, 0.3) is 22.2 Å². The fourth-order valence-electron chi connectivity index (χ4n) is 4.28. The molecule has 2 aromatic heterocycles. The smallest absolute Gasteiger partial charge is 0.280 e. The molecule has 0 aliphatic heterocycles. The summed E-state index contributed by atoms with van der Waals surface area (Å²) in [7, 11) is 1.37. The van der Waals surface area contributed by atoms with Crippen LogP contribution in [0.3, 0.4) is 0 Å². The number of hydrogen-bond donors (Lipinski definition) is 3. The minimum absolute atomic E-state index is 0.0173. The Hall–Kier alpha value is -4.16. The SMILES string of the molecule is COc1cc(C(=O)NCC(O)(c2cc(C(C)(C)O)c(F)c(-c3ccc(F)cc3)n2)C(C)(F)F)cc2cc(C)nnc12. The first-order valence-corrected chi connectivity index (χ1v) is 12.5. The maximum Gasteiger partial charge on any atom is 0.280 e. The molecule has 4 rings (SSSR count). The maximum absolute atomic E-state index is 15.5. The van der Waals surface area contributed by atoms with Gasteiger partial charge in [0.2, 0.25) is 0 Å². The highest BCUT2D eigenvalue weighted by Crippen LogP contribution is 2.40. The molecule has 2 heterocycles. The van der Waals surface area contributed by atoms with Gasteiger partial charge in [-0.05, 0) is 69.3 Å². The van der Waals surface area contributed by atoms with Crippen molar-refractivity contribution in [2.75, 3.05) is 13.7 Å². The number of halogens is 4. The van der Waals surface area contributed by atoms with Gasteiger partial charge in [-0.1, -0.05) is 0 Å². The number of aromatic nitrogens is 3. The molecule has 0 saturated heterocycles. The highest BCUT2D eigenvalue weighted by atomic mass is 19.3. The van der Waals surface area contributed by atoms with Gasteiger partial charge in [-0.3, -0.25) is 4.79 Å². The fourth-order valence-corrected chi connectivity index (χ4v) is 4.28. The largest absolute Gasteiger partial charge is 0.494 e. The summed E-state index contributed by atoms with van der Waals surface area (Å²) >= 11 is 0. The number of ether oxygens (including phenoxy) is 1. The molecule has 0 aliphatic rings. The van der Waals surface area contributed by atoms with Gasteiger partial charge in [-0.15, -0.1) is 5.10 Å². The van der Waals surface area contributed by atoms with Crippen LogP contribution < -0.4 is 10.1 Å². The van der Waals surface area contributed by atoms with Crippen molar-refractivity contribution in [2.24, 2.45) is 0 Å². The van der Waals surface area contributed by atoms with Crippen molar-refractivity contribution in [3.8, 4) is 17.0 Å². The number of alkyl halides is 2. The van der Waals surface area contributed by atoms with Crippen LogP contribution in [-0.4, -0.2) is 50.9 Å². The predicted octanol–water partition coefficient (Wildman–Crippen LogP) is 4.79. The number of aryl methyl sites for hydroxylation is 1. The van der Waals surface area contributed by atoms with Crippen LogP contribution in [0.2, 0.25) is 0 Å². The number of amides is 1. The van der Waals surface area contributed by atoms with Crippen LogP contribution in [-0.2, 0) is 11.2 Å². The molecule has 0 saturated carbocycles.